The van der Waals surface area contributed by atoms with E-state index < -0.39 is 0 Å². The zero-order chi connectivity index (χ0) is 9.26. The van der Waals surface area contributed by atoms with Crippen LogP contribution in [0, 0.1) is 0 Å². The first-order chi connectivity index (χ1) is 6.27. The van der Waals surface area contributed by atoms with Gasteiger partial charge in [0, 0.05) is 14.1 Å². The van der Waals surface area contributed by atoms with Gasteiger partial charge in [0.1, 0.15) is 0 Å². The van der Waals surface area contributed by atoms with Gasteiger partial charge in [-0.1, -0.05) is 0 Å². The molecule has 0 spiro atoms. The molecule has 2 heterocycles. The van der Waals surface area contributed by atoms with Crippen LogP contribution in [0.3, 0.4) is 0 Å². The summed E-state index contributed by atoms with van der Waals surface area (Å²) in [5, 5.41) is 0. The van der Waals surface area contributed by atoms with Gasteiger partial charge in [0.25, 0.3) is 12.7 Å². The summed E-state index contributed by atoms with van der Waals surface area (Å²) in [6.45, 7) is 0. The van der Waals surface area contributed by atoms with Gasteiger partial charge in [-0.2, -0.15) is 18.5 Å². The van der Waals surface area contributed by atoms with Crippen LogP contribution in [0.15, 0.2) is 25.3 Å². The minimum absolute atomic E-state index is 1.72. The molecule has 0 atom stereocenters. The van der Waals surface area contributed by atoms with E-state index in [1.807, 2.05) is 40.2 Å². The minimum atomic E-state index is 1.72. The molecule has 0 aliphatic rings. The van der Waals surface area contributed by atoms with Crippen LogP contribution in [0.5, 0.6) is 0 Å². The van der Waals surface area contributed by atoms with Crippen LogP contribution < -0.4 is 9.19 Å². The molecule has 6 nitrogen and oxygen atoms in total. The molecule has 0 saturated heterocycles. The van der Waals surface area contributed by atoms with Gasteiger partial charge >= 0.3 is 7.55 Å². The Hall–Kier alpha value is -1.66. The van der Waals surface area contributed by atoms with Crippen LogP contribution >= 0.6 is 0 Å². The number of rotatable bonds is 2. The van der Waals surface area contributed by atoms with Gasteiger partial charge in [0.15, 0.2) is 0 Å². The molecule has 0 fully saturated rings. The Balaban J connectivity index is 2.24. The fourth-order valence-corrected chi connectivity index (χ4v) is 1.02. The number of hydrogen-bond donors (Lipinski definition) is 0. The molecule has 7 heteroatoms. The molecule has 0 N–H and O–H groups in total. The SMILES string of the molecule is Cn1cnc[n+]1[B][n+]1cncn1C. The Labute approximate surface area is 76.3 Å². The molecular formula is C6H10BN6+2. The Morgan fingerprint density at radius 3 is 1.77 bits per heavy atom. The molecule has 0 aliphatic heterocycles. The summed E-state index contributed by atoms with van der Waals surface area (Å²) in [5.74, 6) is 0. The van der Waals surface area contributed by atoms with Crippen molar-refractivity contribution in [3.8, 4) is 0 Å². The highest BCUT2D eigenvalue weighted by molar-refractivity contribution is 6.11. The third-order valence-corrected chi connectivity index (χ3v) is 1.80. The number of aromatic nitrogens is 6. The normalized spacial score (nSPS) is 10.3. The van der Waals surface area contributed by atoms with Crippen LogP contribution in [0.25, 0.3) is 0 Å². The maximum absolute atomic E-state index is 3.98. The van der Waals surface area contributed by atoms with E-state index in [-0.39, 0.29) is 0 Å². The first-order valence-corrected chi connectivity index (χ1v) is 3.88. The van der Waals surface area contributed by atoms with Crippen molar-refractivity contribution in [1.82, 2.24) is 19.3 Å². The van der Waals surface area contributed by atoms with E-state index in [0.717, 1.165) is 0 Å². The first-order valence-electron chi connectivity index (χ1n) is 3.88. The summed E-state index contributed by atoms with van der Waals surface area (Å²) in [6.07, 6.45) is 6.90. The van der Waals surface area contributed by atoms with Gasteiger partial charge in [-0.15, -0.1) is 0 Å². The lowest BCUT2D eigenvalue weighted by atomic mass is 10.2. The lowest BCUT2D eigenvalue weighted by Crippen LogP contribution is -2.64. The quantitative estimate of drug-likeness (QED) is 0.482. The van der Waals surface area contributed by atoms with Gasteiger partial charge in [-0.3, -0.25) is 0 Å². The predicted octanol–water partition coefficient (Wildman–Crippen LogP) is -2.34. The minimum Gasteiger partial charge on any atom is -0.199 e. The van der Waals surface area contributed by atoms with Gasteiger partial charge in [-0.05, 0) is 9.97 Å². The van der Waals surface area contributed by atoms with Crippen molar-refractivity contribution in [2.24, 2.45) is 14.1 Å². The third-order valence-electron chi connectivity index (χ3n) is 1.80. The Bertz CT molecular complexity index is 366. The number of nitrogens with zero attached hydrogens (tertiary/aromatic N) is 6. The van der Waals surface area contributed by atoms with Crippen LogP contribution in [0.4, 0.5) is 0 Å². The van der Waals surface area contributed by atoms with Crippen molar-refractivity contribution in [3.63, 3.8) is 0 Å². The van der Waals surface area contributed by atoms with Crippen LogP contribution in [0.2, 0.25) is 0 Å². The average molecular weight is 177 g/mol. The Kier molecular flexibility index (Phi) is 1.84. The summed E-state index contributed by atoms with van der Waals surface area (Å²) in [4.78, 5) is 7.97. The molecular weight excluding hydrogens is 167 g/mol. The van der Waals surface area contributed by atoms with Crippen molar-refractivity contribution in [2.45, 2.75) is 0 Å². The van der Waals surface area contributed by atoms with E-state index in [0.29, 0.717) is 0 Å². The zero-order valence-corrected chi connectivity index (χ0v) is 7.57. The third kappa shape index (κ3) is 1.44. The molecule has 2 rings (SSSR count). The molecule has 2 aromatic heterocycles. The monoisotopic (exact) mass is 177 g/mol. The second-order valence-electron chi connectivity index (χ2n) is 2.78. The van der Waals surface area contributed by atoms with E-state index in [9.17, 15) is 0 Å². The van der Waals surface area contributed by atoms with Crippen LogP contribution in [0.1, 0.15) is 0 Å². The molecule has 0 saturated carbocycles. The molecule has 0 unspecified atom stereocenters. The van der Waals surface area contributed by atoms with Gasteiger partial charge in [0.05, 0.1) is 0 Å². The summed E-state index contributed by atoms with van der Waals surface area (Å²) in [7, 11) is 5.71. The lowest BCUT2D eigenvalue weighted by Gasteiger charge is -1.94. The standard InChI is InChI=1S/C6H10BN6/c1-10-3-8-5-12(10)7-13-6-9-4-11(13)2/h3-6H,1-2H3/q+2. The van der Waals surface area contributed by atoms with Crippen molar-refractivity contribution in [3.05, 3.63) is 25.3 Å². The smallest absolute Gasteiger partial charge is 0.199 e. The fourth-order valence-electron chi connectivity index (χ4n) is 1.02. The van der Waals surface area contributed by atoms with Crippen molar-refractivity contribution in [2.75, 3.05) is 0 Å². The molecule has 0 bridgehead atoms. The molecule has 0 aliphatic carbocycles. The van der Waals surface area contributed by atoms with E-state index in [1.165, 1.54) is 0 Å². The van der Waals surface area contributed by atoms with Crippen LogP contribution in [-0.4, -0.2) is 26.9 Å². The molecule has 1 radical (unpaired) electrons. The summed E-state index contributed by atoms with van der Waals surface area (Å²) in [6, 6.07) is 0. The fraction of sp³-hybridized carbons (Fsp3) is 0.333. The summed E-state index contributed by atoms with van der Waals surface area (Å²) >= 11 is 0. The van der Waals surface area contributed by atoms with Crippen molar-refractivity contribution < 1.29 is 9.19 Å². The molecule has 0 aromatic carbocycles. The maximum Gasteiger partial charge on any atom is 0.742 e. The first kappa shape index (κ1) is 7.97. The van der Waals surface area contributed by atoms with Gasteiger partial charge in [0.2, 0.25) is 12.7 Å². The van der Waals surface area contributed by atoms with E-state index in [4.69, 9.17) is 0 Å². The molecule has 2 aromatic rings. The second-order valence-corrected chi connectivity index (χ2v) is 2.78. The molecule has 0 amide bonds. The summed E-state index contributed by atoms with van der Waals surface area (Å²) < 4.78 is 7.42. The van der Waals surface area contributed by atoms with Crippen molar-refractivity contribution in [1.29, 1.82) is 0 Å². The Morgan fingerprint density at radius 2 is 1.46 bits per heavy atom. The maximum atomic E-state index is 3.98. The van der Waals surface area contributed by atoms with E-state index in [2.05, 4.69) is 9.97 Å². The molecule has 13 heavy (non-hydrogen) atoms. The highest BCUT2D eigenvalue weighted by Crippen LogP contribution is 1.68. The van der Waals surface area contributed by atoms with Crippen LogP contribution in [-0.2, 0) is 14.1 Å². The summed E-state index contributed by atoms with van der Waals surface area (Å²) in [5.41, 5.74) is 0. The second kappa shape index (κ2) is 3.00. The van der Waals surface area contributed by atoms with E-state index in [1.54, 1.807) is 25.3 Å². The predicted molar refractivity (Wildman–Crippen MR) is 43.4 cm³/mol. The Morgan fingerprint density at radius 1 is 1.00 bits per heavy atom. The number of hydrogen-bond acceptors (Lipinski definition) is 2. The largest absolute Gasteiger partial charge is 0.742 e. The van der Waals surface area contributed by atoms with Crippen molar-refractivity contribution >= 4 is 7.55 Å². The zero-order valence-electron chi connectivity index (χ0n) is 7.57. The average Bonchev–Trinajstić information content (AvgIpc) is 2.65. The van der Waals surface area contributed by atoms with E-state index >= 15 is 0 Å². The molecule has 65 valence electrons. The topological polar surface area (TPSA) is 43.4 Å². The lowest BCUT2D eigenvalue weighted by molar-refractivity contribution is -0.744. The number of aryl methyl sites for hydroxylation is 2. The highest BCUT2D eigenvalue weighted by Gasteiger charge is 2.19. The highest BCUT2D eigenvalue weighted by atomic mass is 15.5. The van der Waals surface area contributed by atoms with Gasteiger partial charge < -0.3 is 0 Å². The van der Waals surface area contributed by atoms with Gasteiger partial charge in [-0.25, -0.2) is 0 Å².